The van der Waals surface area contributed by atoms with Crippen molar-refractivity contribution < 1.29 is 18.1 Å². The fraction of sp³-hybridized carbons (Fsp3) is 0. The quantitative estimate of drug-likeness (QED) is 0.287. The molecule has 0 saturated heterocycles. The van der Waals surface area contributed by atoms with Gasteiger partial charge in [-0.1, -0.05) is 54.6 Å². The van der Waals surface area contributed by atoms with Crippen LogP contribution in [0.1, 0.15) is 0 Å². The van der Waals surface area contributed by atoms with E-state index in [0.717, 1.165) is 10.8 Å². The molecule has 0 amide bonds. The van der Waals surface area contributed by atoms with Crippen LogP contribution in [0.3, 0.4) is 0 Å². The number of hydrogen-bond donors (Lipinski definition) is 2. The molecule has 8 heteroatoms. The third kappa shape index (κ3) is 3.80. The first-order valence-corrected chi connectivity index (χ1v) is 9.51. The largest absolute Gasteiger partial charge is 0.506 e. The number of phenolic OH excluding ortho intramolecular Hbond substituents is 1. The van der Waals surface area contributed by atoms with Crippen LogP contribution >= 0.6 is 0 Å². The van der Waals surface area contributed by atoms with Gasteiger partial charge in [0, 0.05) is 45.7 Å². The molecule has 28 heavy (non-hydrogen) atoms. The molecule has 0 aliphatic carbocycles. The molecule has 1 radical (unpaired) electrons. The van der Waals surface area contributed by atoms with Gasteiger partial charge in [0.05, 0.1) is 5.69 Å². The fourth-order valence-corrected chi connectivity index (χ4v) is 3.72. The number of nitrogens with zero attached hydrogens (tertiary/aromatic N) is 2. The number of hydrogen-bond acceptors (Lipinski definition) is 5. The number of azo groups is 1. The third-order valence-electron chi connectivity index (χ3n) is 4.28. The third-order valence-corrected chi connectivity index (χ3v) is 5.19. The molecule has 0 aliphatic heterocycles. The van der Waals surface area contributed by atoms with Crippen molar-refractivity contribution in [2.24, 2.45) is 10.2 Å². The molecule has 0 aliphatic rings. The van der Waals surface area contributed by atoms with Crippen LogP contribution in [0, 0.1) is 0 Å². The maximum atomic E-state index is 11.6. The summed E-state index contributed by atoms with van der Waals surface area (Å²) >= 11 is 0. The van der Waals surface area contributed by atoms with Crippen LogP contribution in [0.15, 0.2) is 87.9 Å². The van der Waals surface area contributed by atoms with E-state index in [2.05, 4.69) is 10.2 Å². The van der Waals surface area contributed by atoms with Crippen LogP contribution in [0.5, 0.6) is 5.75 Å². The molecule has 6 nitrogen and oxygen atoms in total. The zero-order chi connectivity index (χ0) is 19.0. The van der Waals surface area contributed by atoms with Crippen molar-refractivity contribution in [2.75, 3.05) is 0 Å². The zero-order valence-electron chi connectivity index (χ0n) is 14.9. The Hall–Kier alpha value is -2.29. The molecular weight excluding hydrogens is 387 g/mol. The van der Waals surface area contributed by atoms with Crippen LogP contribution in [0.2, 0.25) is 0 Å². The molecule has 4 aromatic carbocycles. The molecule has 4 aromatic rings. The number of aromatic hydroxyl groups is 1. The van der Waals surface area contributed by atoms with Crippen molar-refractivity contribution in [3.63, 3.8) is 0 Å². The number of fused-ring (bicyclic) bond motifs is 2. The second-order valence-corrected chi connectivity index (χ2v) is 7.35. The number of rotatable bonds is 3. The SMILES string of the molecule is O=S(=O)(O)c1ccc(N=Nc2c(O)ccc3ccccc23)c2ccccc12.[Na]. The molecular formula is C20H14N2NaO4S. The van der Waals surface area contributed by atoms with E-state index < -0.39 is 10.1 Å². The first-order valence-electron chi connectivity index (χ1n) is 8.07. The standard InChI is InChI=1S/C20H14N2O4S.Na/c23-18-11-9-13-5-1-2-6-14(13)20(18)22-21-17-10-12-19(27(24,25)26)16-8-4-3-7-15(16)17;/h1-12,23H,(H,24,25,26);. The Balaban J connectivity index is 0.00000225. The summed E-state index contributed by atoms with van der Waals surface area (Å²) in [5, 5.41) is 21.2. The second kappa shape index (κ2) is 7.98. The van der Waals surface area contributed by atoms with E-state index in [1.54, 1.807) is 36.4 Å². The Morgan fingerprint density at radius 1 is 0.714 bits per heavy atom. The van der Waals surface area contributed by atoms with E-state index in [0.29, 0.717) is 22.1 Å². The predicted octanol–water partition coefficient (Wildman–Crippen LogP) is 4.98. The van der Waals surface area contributed by atoms with E-state index >= 15 is 0 Å². The minimum Gasteiger partial charge on any atom is -0.506 e. The van der Waals surface area contributed by atoms with Gasteiger partial charge in [-0.3, -0.25) is 4.55 Å². The van der Waals surface area contributed by atoms with Crippen molar-refractivity contribution in [3.05, 3.63) is 72.8 Å². The van der Waals surface area contributed by atoms with Gasteiger partial charge in [0.1, 0.15) is 16.3 Å². The first kappa shape index (κ1) is 20.4. The van der Waals surface area contributed by atoms with Gasteiger partial charge in [-0.05, 0) is 23.6 Å². The van der Waals surface area contributed by atoms with E-state index in [4.69, 9.17) is 0 Å². The molecule has 0 atom stereocenters. The maximum Gasteiger partial charge on any atom is 0.295 e. The van der Waals surface area contributed by atoms with Crippen molar-refractivity contribution in [1.82, 2.24) is 0 Å². The Kier molecular flexibility index (Phi) is 5.83. The number of benzene rings is 4. The molecule has 0 saturated carbocycles. The molecule has 0 spiro atoms. The van der Waals surface area contributed by atoms with E-state index in [-0.39, 0.29) is 40.2 Å². The predicted molar refractivity (Wildman–Crippen MR) is 109 cm³/mol. The summed E-state index contributed by atoms with van der Waals surface area (Å²) in [4.78, 5) is -0.190. The van der Waals surface area contributed by atoms with Crippen molar-refractivity contribution in [1.29, 1.82) is 0 Å². The Morgan fingerprint density at radius 3 is 2.07 bits per heavy atom. The van der Waals surface area contributed by atoms with Crippen LogP contribution in [0.4, 0.5) is 11.4 Å². The van der Waals surface area contributed by atoms with Gasteiger partial charge < -0.3 is 5.11 Å². The molecule has 0 aromatic heterocycles. The van der Waals surface area contributed by atoms with Crippen LogP contribution in [0.25, 0.3) is 21.5 Å². The summed E-state index contributed by atoms with van der Waals surface area (Å²) in [6, 6.07) is 20.3. The van der Waals surface area contributed by atoms with E-state index in [9.17, 15) is 18.1 Å². The Labute approximate surface area is 183 Å². The van der Waals surface area contributed by atoms with Crippen molar-refractivity contribution in [2.45, 2.75) is 4.90 Å². The molecule has 0 bridgehead atoms. The van der Waals surface area contributed by atoms with Crippen molar-refractivity contribution in [3.8, 4) is 5.75 Å². The second-order valence-electron chi connectivity index (χ2n) is 5.96. The summed E-state index contributed by atoms with van der Waals surface area (Å²) < 4.78 is 32.6. The molecule has 135 valence electrons. The molecule has 0 unspecified atom stereocenters. The molecule has 0 heterocycles. The minimum absolute atomic E-state index is 0. The number of phenols is 1. The maximum absolute atomic E-state index is 11.6. The molecule has 4 rings (SSSR count). The molecule has 0 fully saturated rings. The van der Waals surface area contributed by atoms with Gasteiger partial charge in [-0.2, -0.15) is 8.42 Å². The summed E-state index contributed by atoms with van der Waals surface area (Å²) in [5.74, 6) is -0.00342. The van der Waals surface area contributed by atoms with Gasteiger partial charge in [0.25, 0.3) is 10.1 Å². The Morgan fingerprint density at radius 2 is 1.36 bits per heavy atom. The van der Waals surface area contributed by atoms with E-state index in [1.165, 1.54) is 12.1 Å². The van der Waals surface area contributed by atoms with Crippen LogP contribution < -0.4 is 0 Å². The van der Waals surface area contributed by atoms with E-state index in [1.807, 2.05) is 24.3 Å². The summed E-state index contributed by atoms with van der Waals surface area (Å²) in [6.07, 6.45) is 0. The average Bonchev–Trinajstić information content (AvgIpc) is 2.66. The van der Waals surface area contributed by atoms with Crippen molar-refractivity contribution >= 4 is 72.6 Å². The summed E-state index contributed by atoms with van der Waals surface area (Å²) in [7, 11) is -4.36. The van der Waals surface area contributed by atoms with Gasteiger partial charge in [-0.25, -0.2) is 0 Å². The fourth-order valence-electron chi connectivity index (χ4n) is 3.02. The van der Waals surface area contributed by atoms with Gasteiger partial charge in [-0.15, -0.1) is 10.2 Å². The smallest absolute Gasteiger partial charge is 0.295 e. The van der Waals surface area contributed by atoms with Crippen LogP contribution in [-0.4, -0.2) is 47.6 Å². The topological polar surface area (TPSA) is 99.3 Å². The first-order chi connectivity index (χ1) is 12.9. The normalized spacial score (nSPS) is 11.8. The molecule has 2 N–H and O–H groups in total. The average molecular weight is 401 g/mol. The van der Waals surface area contributed by atoms with Gasteiger partial charge >= 0.3 is 0 Å². The zero-order valence-corrected chi connectivity index (χ0v) is 17.8. The summed E-state index contributed by atoms with van der Waals surface area (Å²) in [6.45, 7) is 0. The van der Waals surface area contributed by atoms with Gasteiger partial charge in [0.15, 0.2) is 0 Å². The Bertz CT molecular complexity index is 1320. The summed E-state index contributed by atoms with van der Waals surface area (Å²) in [5.41, 5.74) is 0.751. The minimum atomic E-state index is -4.36. The van der Waals surface area contributed by atoms with Crippen LogP contribution in [-0.2, 0) is 10.1 Å². The van der Waals surface area contributed by atoms with Gasteiger partial charge in [0.2, 0.25) is 0 Å². The monoisotopic (exact) mass is 401 g/mol.